The number of benzene rings is 2. The van der Waals surface area contributed by atoms with Crippen LogP contribution in [0.1, 0.15) is 15.9 Å². The highest BCUT2D eigenvalue weighted by molar-refractivity contribution is 6.01. The second-order valence-corrected chi connectivity index (χ2v) is 4.83. The van der Waals surface area contributed by atoms with E-state index in [0.717, 1.165) is 5.56 Å². The summed E-state index contributed by atoms with van der Waals surface area (Å²) in [6.07, 6.45) is 0. The molecule has 0 fully saturated rings. The molecule has 3 rings (SSSR count). The summed E-state index contributed by atoms with van der Waals surface area (Å²) in [5.41, 5.74) is 2.00. The summed E-state index contributed by atoms with van der Waals surface area (Å²) >= 11 is 0. The molecule has 23 heavy (non-hydrogen) atoms. The lowest BCUT2D eigenvalue weighted by molar-refractivity contribution is -0.384. The minimum Gasteiger partial charge on any atom is -0.457 e. The van der Waals surface area contributed by atoms with E-state index in [1.54, 1.807) is 18.2 Å². The van der Waals surface area contributed by atoms with Crippen LogP contribution in [0, 0.1) is 10.1 Å². The number of hydrogen-bond acceptors (Lipinski definition) is 5. The molecule has 116 valence electrons. The van der Waals surface area contributed by atoms with Gasteiger partial charge in [0.25, 0.3) is 5.69 Å². The Morgan fingerprint density at radius 1 is 1.09 bits per heavy atom. The summed E-state index contributed by atoms with van der Waals surface area (Å²) in [4.78, 5) is 33.4. The summed E-state index contributed by atoms with van der Waals surface area (Å²) in [5, 5.41) is 15.7. The zero-order chi connectivity index (χ0) is 16.4. The Morgan fingerprint density at radius 2 is 1.74 bits per heavy atom. The van der Waals surface area contributed by atoms with Crippen molar-refractivity contribution in [1.29, 1.82) is 0 Å². The van der Waals surface area contributed by atoms with Gasteiger partial charge in [-0.2, -0.15) is 0 Å². The molecule has 1 aliphatic rings. The number of urea groups is 1. The van der Waals surface area contributed by atoms with Gasteiger partial charge in [0.2, 0.25) is 0 Å². The average molecular weight is 313 g/mol. The lowest BCUT2D eigenvalue weighted by Gasteiger charge is -2.08. The number of carbonyl (C=O) groups is 2. The molecule has 2 aromatic carbocycles. The number of rotatable bonds is 3. The monoisotopic (exact) mass is 313 g/mol. The molecule has 2 amide bonds. The molecular weight excluding hydrogens is 302 g/mol. The van der Waals surface area contributed by atoms with Crippen molar-refractivity contribution in [1.82, 2.24) is 0 Å². The molecule has 2 aromatic rings. The van der Waals surface area contributed by atoms with E-state index < -0.39 is 16.9 Å². The SMILES string of the molecule is O=C(Nc1ccc([N+](=O)[O-])cc1)Nc1ccc2c(c1)C(=O)OC2. The van der Waals surface area contributed by atoms with Gasteiger partial charge in [-0.1, -0.05) is 6.07 Å². The molecule has 8 heteroatoms. The average Bonchev–Trinajstić information content (AvgIpc) is 2.89. The quantitative estimate of drug-likeness (QED) is 0.514. The van der Waals surface area contributed by atoms with E-state index in [4.69, 9.17) is 4.74 Å². The molecule has 2 N–H and O–H groups in total. The van der Waals surface area contributed by atoms with E-state index >= 15 is 0 Å². The third kappa shape index (κ3) is 3.10. The van der Waals surface area contributed by atoms with Gasteiger partial charge in [-0.3, -0.25) is 10.1 Å². The largest absolute Gasteiger partial charge is 0.457 e. The number of cyclic esters (lactones) is 1. The van der Waals surface area contributed by atoms with E-state index in [1.165, 1.54) is 24.3 Å². The van der Waals surface area contributed by atoms with Crippen molar-refractivity contribution in [3.8, 4) is 0 Å². The van der Waals surface area contributed by atoms with Crippen molar-refractivity contribution >= 4 is 29.1 Å². The Kier molecular flexibility index (Phi) is 3.63. The number of esters is 1. The first kappa shape index (κ1) is 14.5. The number of anilines is 2. The van der Waals surface area contributed by atoms with Crippen LogP contribution in [0.2, 0.25) is 0 Å². The normalized spacial score (nSPS) is 12.3. The number of fused-ring (bicyclic) bond motifs is 1. The van der Waals surface area contributed by atoms with Crippen LogP contribution in [0.5, 0.6) is 0 Å². The number of amides is 2. The van der Waals surface area contributed by atoms with Crippen molar-refractivity contribution in [3.63, 3.8) is 0 Å². The Labute approximate surface area is 130 Å². The van der Waals surface area contributed by atoms with Gasteiger partial charge in [0.1, 0.15) is 6.61 Å². The third-order valence-corrected chi connectivity index (χ3v) is 3.28. The van der Waals surface area contributed by atoms with Crippen LogP contribution in [0.25, 0.3) is 0 Å². The van der Waals surface area contributed by atoms with Crippen molar-refractivity contribution in [2.75, 3.05) is 10.6 Å². The summed E-state index contributed by atoms with van der Waals surface area (Å²) in [6.45, 7) is 0.240. The summed E-state index contributed by atoms with van der Waals surface area (Å²) in [6, 6.07) is 9.83. The number of hydrogen-bond donors (Lipinski definition) is 2. The molecule has 0 saturated heterocycles. The van der Waals surface area contributed by atoms with Gasteiger partial charge < -0.3 is 15.4 Å². The van der Waals surface area contributed by atoms with Crippen LogP contribution < -0.4 is 10.6 Å². The molecule has 1 aliphatic heterocycles. The van der Waals surface area contributed by atoms with E-state index in [2.05, 4.69) is 10.6 Å². The fourth-order valence-corrected chi connectivity index (χ4v) is 2.15. The van der Waals surface area contributed by atoms with Crippen LogP contribution in [-0.4, -0.2) is 16.9 Å². The van der Waals surface area contributed by atoms with Gasteiger partial charge >= 0.3 is 12.0 Å². The van der Waals surface area contributed by atoms with E-state index in [-0.39, 0.29) is 12.3 Å². The lowest BCUT2D eigenvalue weighted by atomic mass is 10.1. The van der Waals surface area contributed by atoms with E-state index in [1.807, 2.05) is 0 Å². The first-order valence-corrected chi connectivity index (χ1v) is 6.65. The molecule has 1 heterocycles. The van der Waals surface area contributed by atoms with Crippen LogP contribution in [0.3, 0.4) is 0 Å². The Bertz CT molecular complexity index is 801. The van der Waals surface area contributed by atoms with Crippen LogP contribution in [-0.2, 0) is 11.3 Å². The van der Waals surface area contributed by atoms with Gasteiger partial charge in [-0.25, -0.2) is 9.59 Å². The third-order valence-electron chi connectivity index (χ3n) is 3.28. The van der Waals surface area contributed by atoms with Gasteiger partial charge in [0.15, 0.2) is 0 Å². The van der Waals surface area contributed by atoms with Gasteiger partial charge in [-0.15, -0.1) is 0 Å². The fraction of sp³-hybridized carbons (Fsp3) is 0.0667. The van der Waals surface area contributed by atoms with Gasteiger partial charge in [0.05, 0.1) is 10.5 Å². The predicted molar refractivity (Wildman–Crippen MR) is 81.3 cm³/mol. The number of ether oxygens (including phenoxy) is 1. The molecule has 0 radical (unpaired) electrons. The fourth-order valence-electron chi connectivity index (χ4n) is 2.15. The zero-order valence-corrected chi connectivity index (χ0v) is 11.7. The molecule has 0 aromatic heterocycles. The number of carbonyl (C=O) groups excluding carboxylic acids is 2. The Balaban J connectivity index is 1.66. The summed E-state index contributed by atoms with van der Waals surface area (Å²) in [5.74, 6) is -0.417. The molecule has 0 atom stereocenters. The number of nitrogens with zero attached hydrogens (tertiary/aromatic N) is 1. The lowest BCUT2D eigenvalue weighted by Crippen LogP contribution is -2.19. The van der Waals surface area contributed by atoms with E-state index in [9.17, 15) is 19.7 Å². The number of nitro groups is 1. The molecule has 0 unspecified atom stereocenters. The van der Waals surface area contributed by atoms with Crippen molar-refractivity contribution in [2.45, 2.75) is 6.61 Å². The molecule has 0 aliphatic carbocycles. The second-order valence-electron chi connectivity index (χ2n) is 4.83. The first-order valence-electron chi connectivity index (χ1n) is 6.65. The summed E-state index contributed by atoms with van der Waals surface area (Å²) in [7, 11) is 0. The molecule has 0 bridgehead atoms. The smallest absolute Gasteiger partial charge is 0.338 e. The maximum Gasteiger partial charge on any atom is 0.338 e. The zero-order valence-electron chi connectivity index (χ0n) is 11.7. The van der Waals surface area contributed by atoms with Crippen molar-refractivity contribution in [3.05, 3.63) is 63.7 Å². The van der Waals surface area contributed by atoms with Gasteiger partial charge in [-0.05, 0) is 24.3 Å². The number of nitro benzene ring substituents is 1. The predicted octanol–water partition coefficient (Wildman–Crippen LogP) is 2.91. The van der Waals surface area contributed by atoms with Crippen molar-refractivity contribution in [2.24, 2.45) is 0 Å². The maximum atomic E-state index is 11.9. The van der Waals surface area contributed by atoms with Crippen LogP contribution in [0.4, 0.5) is 21.9 Å². The standard InChI is InChI=1S/C15H11N3O5/c19-14-13-7-11(2-1-9(13)8-23-14)17-15(20)16-10-3-5-12(6-4-10)18(21)22/h1-7H,8H2,(H2,16,17,20). The highest BCUT2D eigenvalue weighted by Crippen LogP contribution is 2.23. The number of non-ortho nitro benzene ring substituents is 1. The minimum absolute atomic E-state index is 0.0620. The highest BCUT2D eigenvalue weighted by atomic mass is 16.6. The highest BCUT2D eigenvalue weighted by Gasteiger charge is 2.21. The van der Waals surface area contributed by atoms with Gasteiger partial charge in [0, 0.05) is 29.1 Å². The molecule has 8 nitrogen and oxygen atoms in total. The Hall–Kier alpha value is -3.42. The Morgan fingerprint density at radius 3 is 2.43 bits per heavy atom. The van der Waals surface area contributed by atoms with Crippen LogP contribution >= 0.6 is 0 Å². The summed E-state index contributed by atoms with van der Waals surface area (Å²) < 4.78 is 4.89. The topological polar surface area (TPSA) is 111 Å². The second kappa shape index (κ2) is 5.76. The van der Waals surface area contributed by atoms with E-state index in [0.29, 0.717) is 16.9 Å². The van der Waals surface area contributed by atoms with Crippen molar-refractivity contribution < 1.29 is 19.2 Å². The maximum absolute atomic E-state index is 11.9. The first-order chi connectivity index (χ1) is 11.0. The molecular formula is C15H11N3O5. The number of nitrogens with one attached hydrogen (secondary N) is 2. The minimum atomic E-state index is -0.523. The molecule has 0 saturated carbocycles. The van der Waals surface area contributed by atoms with Crippen LogP contribution in [0.15, 0.2) is 42.5 Å². The molecule has 0 spiro atoms.